The van der Waals surface area contributed by atoms with Crippen LogP contribution in [0.15, 0.2) is 211 Å². The molecule has 6 aromatic carbocycles. The fourth-order valence-electron chi connectivity index (χ4n) is 4.84. The van der Waals surface area contributed by atoms with Crippen LogP contribution in [0.3, 0.4) is 0 Å². The third-order valence-electron chi connectivity index (χ3n) is 7.63. The van der Waals surface area contributed by atoms with Gasteiger partial charge in [-0.2, -0.15) is 35.1 Å². The average molecular weight is 887 g/mol. The monoisotopic (exact) mass is 886 g/mol. The highest BCUT2D eigenvalue weighted by molar-refractivity contribution is 7.97. The number of benzene rings is 6. The molecule has 0 aromatic heterocycles. The van der Waals surface area contributed by atoms with Crippen molar-refractivity contribution in [2.75, 3.05) is 0 Å². The summed E-state index contributed by atoms with van der Waals surface area (Å²) < 4.78 is 158. The van der Waals surface area contributed by atoms with Crippen molar-refractivity contribution in [2.45, 2.75) is 51.7 Å². The molecule has 0 fully saturated rings. The van der Waals surface area contributed by atoms with Gasteiger partial charge in [-0.15, -0.1) is 0 Å². The lowest BCUT2D eigenvalue weighted by Crippen LogP contribution is -2.66. The standard InChI is InChI=1S/2C18H15S.C4H2F8O6S2/c2*1-4-10-16(11-5-1)19(17-12-6-2-7-13-17)18-14-8-3-9-15-18;5-1(6,3(9,10)19(13,14)15)2(7,8)4(11,12)20(16,17)18/h2*1-15H;(H,13,14,15)(H,16,17,18)/q2*+1;/p-2. The number of hydrogen-bond donors (Lipinski definition) is 0. The Hall–Kier alpha value is -4.72. The molecule has 0 saturated heterocycles. The maximum atomic E-state index is 12.5. The van der Waals surface area contributed by atoms with E-state index < -0.39 is 42.6 Å². The van der Waals surface area contributed by atoms with Crippen LogP contribution in [0, 0.1) is 0 Å². The second kappa shape index (κ2) is 18.9. The van der Waals surface area contributed by atoms with E-state index in [9.17, 15) is 61.1 Å². The van der Waals surface area contributed by atoms with Crippen LogP contribution in [0.4, 0.5) is 35.1 Å². The van der Waals surface area contributed by atoms with Crippen molar-refractivity contribution in [1.82, 2.24) is 0 Å². The summed E-state index contributed by atoms with van der Waals surface area (Å²) in [7, 11) is -15.2. The summed E-state index contributed by atoms with van der Waals surface area (Å²) in [6.45, 7) is 0. The van der Waals surface area contributed by atoms with Crippen molar-refractivity contribution in [1.29, 1.82) is 0 Å². The highest BCUT2D eigenvalue weighted by atomic mass is 32.2. The molecule has 0 radical (unpaired) electrons. The fraction of sp³-hybridized carbons (Fsp3) is 0.100. The Labute approximate surface area is 335 Å². The molecule has 0 N–H and O–H groups in total. The van der Waals surface area contributed by atoms with Gasteiger partial charge in [0.2, 0.25) is 0 Å². The molecule has 6 aromatic rings. The first-order chi connectivity index (χ1) is 27.1. The van der Waals surface area contributed by atoms with Crippen LogP contribution in [0.1, 0.15) is 0 Å². The second-order valence-electron chi connectivity index (χ2n) is 11.6. The van der Waals surface area contributed by atoms with E-state index in [0.29, 0.717) is 0 Å². The van der Waals surface area contributed by atoms with E-state index in [1.54, 1.807) is 0 Å². The largest absolute Gasteiger partial charge is 0.743 e. The van der Waals surface area contributed by atoms with E-state index in [0.717, 1.165) is 0 Å². The first kappa shape index (κ1) is 46.0. The van der Waals surface area contributed by atoms with Crippen LogP contribution in [0.5, 0.6) is 0 Å². The Morgan fingerprint density at radius 2 is 0.448 bits per heavy atom. The molecule has 6 nitrogen and oxygen atoms in total. The Kier molecular flexibility index (Phi) is 15.0. The van der Waals surface area contributed by atoms with Gasteiger partial charge in [-0.25, -0.2) is 16.8 Å². The topological polar surface area (TPSA) is 114 Å². The average Bonchev–Trinajstić information content (AvgIpc) is 3.20. The first-order valence-corrected chi connectivity index (χ1v) is 21.6. The molecule has 0 aliphatic carbocycles. The molecular weight excluding hydrogens is 857 g/mol. The quantitative estimate of drug-likeness (QED) is 0.0727. The Morgan fingerprint density at radius 3 is 0.569 bits per heavy atom. The van der Waals surface area contributed by atoms with Gasteiger partial charge in [0.15, 0.2) is 49.6 Å². The van der Waals surface area contributed by atoms with Gasteiger partial charge >= 0.3 is 22.4 Å². The fourth-order valence-corrected chi connectivity index (χ4v) is 9.93. The lowest BCUT2D eigenvalue weighted by Gasteiger charge is -2.37. The van der Waals surface area contributed by atoms with Crippen molar-refractivity contribution in [3.05, 3.63) is 182 Å². The Bertz CT molecular complexity index is 2040. The van der Waals surface area contributed by atoms with Gasteiger partial charge in [-0.3, -0.25) is 0 Å². The van der Waals surface area contributed by atoms with E-state index in [2.05, 4.69) is 182 Å². The molecule has 0 bridgehead atoms. The normalized spacial score (nSPS) is 12.6. The van der Waals surface area contributed by atoms with Crippen molar-refractivity contribution >= 4 is 42.0 Å². The van der Waals surface area contributed by atoms with Gasteiger partial charge < -0.3 is 9.11 Å². The van der Waals surface area contributed by atoms with Crippen LogP contribution >= 0.6 is 0 Å². The summed E-state index contributed by atoms with van der Waals surface area (Å²) in [5.41, 5.74) is 0. The predicted octanol–water partition coefficient (Wildman–Crippen LogP) is 10.1. The van der Waals surface area contributed by atoms with Crippen molar-refractivity contribution < 1.29 is 61.1 Å². The lowest BCUT2D eigenvalue weighted by molar-refractivity contribution is -0.327. The van der Waals surface area contributed by atoms with Crippen LogP contribution in [0.2, 0.25) is 0 Å². The van der Waals surface area contributed by atoms with E-state index in [1.165, 1.54) is 29.4 Å². The molecular formula is C40H30F8O6S4. The summed E-state index contributed by atoms with van der Waals surface area (Å²) in [4.78, 5) is 8.17. The zero-order valence-electron chi connectivity index (χ0n) is 29.4. The van der Waals surface area contributed by atoms with Gasteiger partial charge in [0.25, 0.3) is 0 Å². The minimum absolute atomic E-state index is 0.0146. The molecule has 58 heavy (non-hydrogen) atoms. The predicted molar refractivity (Wildman–Crippen MR) is 202 cm³/mol. The van der Waals surface area contributed by atoms with Crippen molar-refractivity contribution in [3.8, 4) is 0 Å². The SMILES string of the molecule is O=S(=O)([O-])C(F)(F)C(F)(F)C(F)(F)C(F)(F)S(=O)(=O)[O-].c1ccc([S+](c2ccccc2)c2ccccc2)cc1.c1ccc([S+](c2ccccc2)c2ccccc2)cc1. The maximum Gasteiger partial charge on any atom is 0.402 e. The van der Waals surface area contributed by atoms with Crippen molar-refractivity contribution in [2.24, 2.45) is 0 Å². The first-order valence-electron chi connectivity index (χ1n) is 16.4. The molecule has 0 atom stereocenters. The molecule has 0 aliphatic rings. The molecule has 0 amide bonds. The summed E-state index contributed by atoms with van der Waals surface area (Å²) in [6, 6.07) is 64.3. The van der Waals surface area contributed by atoms with Crippen molar-refractivity contribution in [3.63, 3.8) is 0 Å². The van der Waals surface area contributed by atoms with E-state index in [-0.39, 0.29) is 21.8 Å². The van der Waals surface area contributed by atoms with E-state index >= 15 is 0 Å². The Morgan fingerprint density at radius 1 is 0.310 bits per heavy atom. The number of halogens is 8. The molecule has 0 aliphatic heterocycles. The zero-order chi connectivity index (χ0) is 42.8. The van der Waals surface area contributed by atoms with Crippen LogP contribution in [-0.4, -0.2) is 48.3 Å². The summed E-state index contributed by atoms with van der Waals surface area (Å²) in [5, 5.41) is -14.6. The molecule has 306 valence electrons. The van der Waals surface area contributed by atoms with Gasteiger partial charge in [0.05, 0.1) is 21.8 Å². The number of rotatable bonds is 11. The van der Waals surface area contributed by atoms with Gasteiger partial charge in [0.1, 0.15) is 0 Å². The number of alkyl halides is 8. The third kappa shape index (κ3) is 10.3. The summed E-state index contributed by atoms with van der Waals surface area (Å²) in [5.74, 6) is -15.4. The molecule has 18 heteroatoms. The molecule has 0 saturated carbocycles. The third-order valence-corrected chi connectivity index (χ3v) is 13.9. The van der Waals surface area contributed by atoms with E-state index in [1.807, 2.05) is 0 Å². The Balaban J connectivity index is 0.000000192. The van der Waals surface area contributed by atoms with Crippen LogP contribution < -0.4 is 0 Å². The molecule has 0 unspecified atom stereocenters. The molecule has 0 heterocycles. The van der Waals surface area contributed by atoms with E-state index in [4.69, 9.17) is 0 Å². The highest BCUT2D eigenvalue weighted by Crippen LogP contribution is 2.55. The minimum atomic E-state index is -7.68. The van der Waals surface area contributed by atoms with Gasteiger partial charge in [-0.05, 0) is 72.8 Å². The maximum absolute atomic E-state index is 12.5. The molecule has 0 spiro atoms. The summed E-state index contributed by atoms with van der Waals surface area (Å²) >= 11 is 0. The minimum Gasteiger partial charge on any atom is -0.743 e. The summed E-state index contributed by atoms with van der Waals surface area (Å²) in [6.07, 6.45) is 0. The van der Waals surface area contributed by atoms with Gasteiger partial charge in [-0.1, -0.05) is 109 Å². The molecule has 6 rings (SSSR count). The second-order valence-corrected chi connectivity index (χ2v) is 18.5. The number of hydrogen-bond acceptors (Lipinski definition) is 6. The van der Waals surface area contributed by atoms with Gasteiger partial charge in [0, 0.05) is 0 Å². The highest BCUT2D eigenvalue weighted by Gasteiger charge is 2.84. The van der Waals surface area contributed by atoms with Crippen LogP contribution in [0.25, 0.3) is 0 Å². The zero-order valence-corrected chi connectivity index (χ0v) is 32.7. The van der Waals surface area contributed by atoms with Crippen LogP contribution in [-0.2, 0) is 42.0 Å². The smallest absolute Gasteiger partial charge is 0.402 e. The lowest BCUT2D eigenvalue weighted by atomic mass is 10.2.